The van der Waals surface area contributed by atoms with Crippen molar-refractivity contribution < 1.29 is 18.3 Å². The van der Waals surface area contributed by atoms with E-state index in [0.717, 1.165) is 23.8 Å². The third-order valence-electron chi connectivity index (χ3n) is 3.37. The third kappa shape index (κ3) is 5.45. The molecule has 1 atom stereocenters. The summed E-state index contributed by atoms with van der Waals surface area (Å²) in [4.78, 5) is 11.8. The van der Waals surface area contributed by atoms with Crippen molar-refractivity contribution in [2.75, 3.05) is 13.2 Å². The molecule has 0 fully saturated rings. The molecule has 5 heteroatoms. The molecule has 0 bridgehead atoms. The minimum absolute atomic E-state index is 0.0239. The van der Waals surface area contributed by atoms with Crippen molar-refractivity contribution in [2.24, 2.45) is 0 Å². The largest absolute Gasteiger partial charge is 0.374 e. The van der Waals surface area contributed by atoms with Crippen molar-refractivity contribution in [1.82, 2.24) is 5.32 Å². The zero-order valence-electron chi connectivity index (χ0n) is 12.9. The van der Waals surface area contributed by atoms with Crippen molar-refractivity contribution in [1.29, 1.82) is 0 Å². The molecular formula is C18H19F2NO2. The van der Waals surface area contributed by atoms with Gasteiger partial charge in [-0.05, 0) is 31.0 Å². The molecule has 0 aliphatic heterocycles. The molecule has 0 spiro atoms. The van der Waals surface area contributed by atoms with Gasteiger partial charge in [-0.15, -0.1) is 0 Å². The summed E-state index contributed by atoms with van der Waals surface area (Å²) < 4.78 is 31.8. The maximum Gasteiger partial charge on any atom is 0.251 e. The Morgan fingerprint density at radius 1 is 1.13 bits per heavy atom. The first-order valence-corrected chi connectivity index (χ1v) is 7.47. The van der Waals surface area contributed by atoms with Crippen molar-refractivity contribution in [2.45, 2.75) is 19.4 Å². The van der Waals surface area contributed by atoms with Crippen LogP contribution in [-0.4, -0.2) is 19.1 Å². The van der Waals surface area contributed by atoms with E-state index in [4.69, 9.17) is 4.74 Å². The van der Waals surface area contributed by atoms with Crippen molar-refractivity contribution >= 4 is 5.91 Å². The SMILES string of the molecule is CC(OCCCNC(=O)c1cc(F)cc(F)c1)c1ccccc1. The summed E-state index contributed by atoms with van der Waals surface area (Å²) in [5.74, 6) is -2.04. The maximum absolute atomic E-state index is 13.0. The second-order valence-electron chi connectivity index (χ2n) is 5.19. The van der Waals surface area contributed by atoms with E-state index in [0.29, 0.717) is 19.6 Å². The minimum atomic E-state index is -0.768. The summed E-state index contributed by atoms with van der Waals surface area (Å²) in [5, 5.41) is 2.61. The van der Waals surface area contributed by atoms with Crippen molar-refractivity contribution in [3.8, 4) is 0 Å². The molecule has 0 aliphatic carbocycles. The Labute approximate surface area is 134 Å². The molecule has 1 N–H and O–H groups in total. The lowest BCUT2D eigenvalue weighted by atomic mass is 10.1. The molecule has 122 valence electrons. The highest BCUT2D eigenvalue weighted by molar-refractivity contribution is 5.94. The van der Waals surface area contributed by atoms with E-state index in [9.17, 15) is 13.6 Å². The van der Waals surface area contributed by atoms with Gasteiger partial charge in [-0.3, -0.25) is 4.79 Å². The van der Waals surface area contributed by atoms with Crippen LogP contribution in [0.3, 0.4) is 0 Å². The molecule has 0 radical (unpaired) electrons. The number of nitrogens with one attached hydrogen (secondary N) is 1. The first-order valence-electron chi connectivity index (χ1n) is 7.47. The second-order valence-corrected chi connectivity index (χ2v) is 5.19. The van der Waals surface area contributed by atoms with Crippen LogP contribution in [0, 0.1) is 11.6 Å². The fourth-order valence-electron chi connectivity index (χ4n) is 2.14. The number of hydrogen-bond acceptors (Lipinski definition) is 2. The summed E-state index contributed by atoms with van der Waals surface area (Å²) >= 11 is 0. The highest BCUT2D eigenvalue weighted by Gasteiger charge is 2.09. The first kappa shape index (κ1) is 17.1. The maximum atomic E-state index is 13.0. The lowest BCUT2D eigenvalue weighted by molar-refractivity contribution is 0.0635. The molecule has 1 unspecified atom stereocenters. The normalized spacial score (nSPS) is 12.0. The molecule has 0 saturated heterocycles. The predicted molar refractivity (Wildman–Crippen MR) is 84.1 cm³/mol. The monoisotopic (exact) mass is 319 g/mol. The van der Waals surface area contributed by atoms with E-state index in [1.807, 2.05) is 37.3 Å². The van der Waals surface area contributed by atoms with Gasteiger partial charge in [-0.2, -0.15) is 0 Å². The molecule has 3 nitrogen and oxygen atoms in total. The molecule has 0 saturated carbocycles. The van der Waals surface area contributed by atoms with Gasteiger partial charge in [-0.25, -0.2) is 8.78 Å². The average Bonchev–Trinajstić information content (AvgIpc) is 2.54. The van der Waals surface area contributed by atoms with E-state index in [1.165, 1.54) is 0 Å². The molecule has 0 heterocycles. The van der Waals surface area contributed by atoms with Crippen molar-refractivity contribution in [3.05, 3.63) is 71.3 Å². The Morgan fingerprint density at radius 3 is 2.43 bits per heavy atom. The van der Waals surface area contributed by atoms with E-state index < -0.39 is 17.5 Å². The van der Waals surface area contributed by atoms with Gasteiger partial charge in [0.25, 0.3) is 5.91 Å². The van der Waals surface area contributed by atoms with Crippen LogP contribution in [0.5, 0.6) is 0 Å². The quantitative estimate of drug-likeness (QED) is 0.787. The standard InChI is InChI=1S/C18H19F2NO2/c1-13(14-6-3-2-4-7-14)23-9-5-8-21-18(22)15-10-16(19)12-17(20)11-15/h2-4,6-7,10-13H,5,8-9H2,1H3,(H,21,22). The van der Waals surface area contributed by atoms with Crippen LogP contribution in [-0.2, 0) is 4.74 Å². The van der Waals surface area contributed by atoms with Crippen LogP contribution >= 0.6 is 0 Å². The van der Waals surface area contributed by atoms with Gasteiger partial charge in [0.15, 0.2) is 0 Å². The molecule has 2 aromatic rings. The molecule has 0 aromatic heterocycles. The highest BCUT2D eigenvalue weighted by Crippen LogP contribution is 2.15. The fourth-order valence-corrected chi connectivity index (χ4v) is 2.14. The van der Waals surface area contributed by atoms with Crippen LogP contribution in [0.4, 0.5) is 8.78 Å². The van der Waals surface area contributed by atoms with Gasteiger partial charge in [0.2, 0.25) is 0 Å². The van der Waals surface area contributed by atoms with Crippen LogP contribution in [0.25, 0.3) is 0 Å². The fraction of sp³-hybridized carbons (Fsp3) is 0.278. The molecule has 23 heavy (non-hydrogen) atoms. The van der Waals surface area contributed by atoms with Gasteiger partial charge < -0.3 is 10.1 Å². The summed E-state index contributed by atoms with van der Waals surface area (Å²) in [6.07, 6.45) is 0.588. The molecular weight excluding hydrogens is 300 g/mol. The van der Waals surface area contributed by atoms with Gasteiger partial charge >= 0.3 is 0 Å². The smallest absolute Gasteiger partial charge is 0.251 e. The summed E-state index contributed by atoms with van der Waals surface area (Å²) in [5.41, 5.74) is 1.06. The summed E-state index contributed by atoms with van der Waals surface area (Å²) in [6, 6.07) is 12.6. The predicted octanol–water partition coefficient (Wildman–Crippen LogP) is 3.86. The molecule has 2 rings (SSSR count). The second kappa shape index (κ2) is 8.39. The van der Waals surface area contributed by atoms with Crippen LogP contribution in [0.1, 0.15) is 35.4 Å². The van der Waals surface area contributed by atoms with E-state index in [1.54, 1.807) is 0 Å². The van der Waals surface area contributed by atoms with Gasteiger partial charge in [-0.1, -0.05) is 30.3 Å². The Kier molecular flexibility index (Phi) is 6.23. The number of halogens is 2. The van der Waals surface area contributed by atoms with E-state index >= 15 is 0 Å². The summed E-state index contributed by atoms with van der Waals surface area (Å²) in [7, 11) is 0. The number of ether oxygens (including phenoxy) is 1. The van der Waals surface area contributed by atoms with Crippen LogP contribution in [0.15, 0.2) is 48.5 Å². The van der Waals surface area contributed by atoms with E-state index in [-0.39, 0.29) is 11.7 Å². The highest BCUT2D eigenvalue weighted by atomic mass is 19.1. The molecule has 0 aliphatic rings. The summed E-state index contributed by atoms with van der Waals surface area (Å²) in [6.45, 7) is 2.82. The zero-order chi connectivity index (χ0) is 16.7. The van der Waals surface area contributed by atoms with Gasteiger partial charge in [0.05, 0.1) is 6.10 Å². The number of carbonyl (C=O) groups excluding carboxylic acids is 1. The van der Waals surface area contributed by atoms with Crippen LogP contribution < -0.4 is 5.32 Å². The van der Waals surface area contributed by atoms with Crippen molar-refractivity contribution in [3.63, 3.8) is 0 Å². The lowest BCUT2D eigenvalue weighted by Crippen LogP contribution is -2.25. The number of carbonyl (C=O) groups is 1. The van der Waals surface area contributed by atoms with Crippen LogP contribution in [0.2, 0.25) is 0 Å². The number of benzene rings is 2. The molecule has 2 aromatic carbocycles. The van der Waals surface area contributed by atoms with Gasteiger partial charge in [0, 0.05) is 24.8 Å². The number of hydrogen-bond donors (Lipinski definition) is 1. The topological polar surface area (TPSA) is 38.3 Å². The Hall–Kier alpha value is -2.27. The zero-order valence-corrected chi connectivity index (χ0v) is 12.9. The Morgan fingerprint density at radius 2 is 1.78 bits per heavy atom. The number of rotatable bonds is 7. The van der Waals surface area contributed by atoms with Gasteiger partial charge in [0.1, 0.15) is 11.6 Å². The lowest BCUT2D eigenvalue weighted by Gasteiger charge is -2.13. The molecule has 1 amide bonds. The van der Waals surface area contributed by atoms with E-state index in [2.05, 4.69) is 5.32 Å². The first-order chi connectivity index (χ1) is 11.1. The minimum Gasteiger partial charge on any atom is -0.374 e. The average molecular weight is 319 g/mol. The Balaban J connectivity index is 1.70. The third-order valence-corrected chi connectivity index (χ3v) is 3.37. The number of amides is 1. The Bertz CT molecular complexity index is 626.